The van der Waals surface area contributed by atoms with Gasteiger partial charge in [0.25, 0.3) is 5.91 Å². The summed E-state index contributed by atoms with van der Waals surface area (Å²) >= 11 is 0. The maximum absolute atomic E-state index is 13.1. The molecule has 0 saturated carbocycles. The molecule has 0 fully saturated rings. The van der Waals surface area contributed by atoms with E-state index in [0.29, 0.717) is 6.07 Å². The van der Waals surface area contributed by atoms with Crippen molar-refractivity contribution in [1.82, 2.24) is 5.32 Å². The molecule has 122 valence electrons. The van der Waals surface area contributed by atoms with Gasteiger partial charge < -0.3 is 5.32 Å². The fourth-order valence-electron chi connectivity index (χ4n) is 2.03. The smallest absolute Gasteiger partial charge is 0.348 e. The maximum atomic E-state index is 13.1. The van der Waals surface area contributed by atoms with Crippen LogP contribution >= 0.6 is 0 Å². The normalized spacial score (nSPS) is 11.4. The first-order chi connectivity index (χ1) is 10.7. The first-order valence-electron chi connectivity index (χ1n) is 6.58. The third-order valence-electron chi connectivity index (χ3n) is 3.24. The Morgan fingerprint density at radius 1 is 1.09 bits per heavy atom. The summed E-state index contributed by atoms with van der Waals surface area (Å²) in [6, 6.07) is 5.85. The second kappa shape index (κ2) is 6.36. The molecule has 0 aliphatic heterocycles. The van der Waals surface area contributed by atoms with Gasteiger partial charge in [0, 0.05) is 12.1 Å². The monoisotopic (exact) mass is 329 g/mol. The van der Waals surface area contributed by atoms with Crippen LogP contribution in [0.4, 0.5) is 22.0 Å². The van der Waals surface area contributed by atoms with Crippen molar-refractivity contribution in [2.24, 2.45) is 0 Å². The van der Waals surface area contributed by atoms with E-state index in [1.807, 2.05) is 0 Å². The second-order valence-corrected chi connectivity index (χ2v) is 4.95. The van der Waals surface area contributed by atoms with Gasteiger partial charge in [-0.25, -0.2) is 8.78 Å². The topological polar surface area (TPSA) is 29.1 Å². The summed E-state index contributed by atoms with van der Waals surface area (Å²) in [5, 5.41) is 2.31. The summed E-state index contributed by atoms with van der Waals surface area (Å²) < 4.78 is 64.7. The summed E-state index contributed by atoms with van der Waals surface area (Å²) in [6.07, 6.45) is -4.73. The number of carbonyl (C=O) groups is 1. The Hall–Kier alpha value is -2.44. The van der Waals surface area contributed by atoms with Crippen LogP contribution in [0, 0.1) is 18.6 Å². The van der Waals surface area contributed by atoms with Crippen molar-refractivity contribution in [2.75, 3.05) is 0 Å². The van der Waals surface area contributed by atoms with Gasteiger partial charge in [-0.2, -0.15) is 13.2 Å². The summed E-state index contributed by atoms with van der Waals surface area (Å²) in [4.78, 5) is 11.9. The van der Waals surface area contributed by atoms with Gasteiger partial charge in [-0.1, -0.05) is 6.07 Å². The lowest BCUT2D eigenvalue weighted by molar-refractivity contribution is -0.138. The third kappa shape index (κ3) is 4.06. The molecular weight excluding hydrogens is 317 g/mol. The van der Waals surface area contributed by atoms with Gasteiger partial charge >= 0.3 is 6.18 Å². The second-order valence-electron chi connectivity index (χ2n) is 4.95. The first kappa shape index (κ1) is 16.9. The van der Waals surface area contributed by atoms with E-state index in [-0.39, 0.29) is 16.7 Å². The van der Waals surface area contributed by atoms with Crippen LogP contribution in [-0.2, 0) is 12.7 Å². The highest BCUT2D eigenvalue weighted by Gasteiger charge is 2.33. The number of nitrogens with one attached hydrogen (secondary N) is 1. The van der Waals surface area contributed by atoms with Crippen molar-refractivity contribution in [1.29, 1.82) is 0 Å². The number of amides is 1. The summed E-state index contributed by atoms with van der Waals surface area (Å²) in [5.74, 6) is -2.15. The number of halogens is 5. The van der Waals surface area contributed by atoms with E-state index in [9.17, 15) is 26.7 Å². The average Bonchev–Trinajstić information content (AvgIpc) is 2.47. The van der Waals surface area contributed by atoms with E-state index < -0.39 is 35.8 Å². The van der Waals surface area contributed by atoms with Crippen molar-refractivity contribution in [3.63, 3.8) is 0 Å². The van der Waals surface area contributed by atoms with Gasteiger partial charge in [-0.15, -0.1) is 0 Å². The SMILES string of the molecule is Cc1cc(C(=O)NCc2ccc(F)cc2C(F)(F)F)ccc1F. The average molecular weight is 329 g/mol. The Morgan fingerprint density at radius 3 is 2.39 bits per heavy atom. The van der Waals surface area contributed by atoms with Crippen molar-refractivity contribution in [2.45, 2.75) is 19.6 Å². The zero-order valence-electron chi connectivity index (χ0n) is 12.0. The molecule has 0 spiro atoms. The van der Waals surface area contributed by atoms with E-state index in [1.54, 1.807) is 0 Å². The minimum absolute atomic E-state index is 0.125. The molecule has 1 amide bonds. The van der Waals surface area contributed by atoms with E-state index in [2.05, 4.69) is 5.32 Å². The van der Waals surface area contributed by atoms with Crippen molar-refractivity contribution in [3.05, 3.63) is 70.3 Å². The highest BCUT2D eigenvalue weighted by molar-refractivity contribution is 5.94. The Kier molecular flexibility index (Phi) is 4.68. The minimum Gasteiger partial charge on any atom is -0.348 e. The highest BCUT2D eigenvalue weighted by Crippen LogP contribution is 2.32. The lowest BCUT2D eigenvalue weighted by Crippen LogP contribution is -2.24. The Labute approximate surface area is 128 Å². The zero-order chi connectivity index (χ0) is 17.2. The molecule has 7 heteroatoms. The van der Waals surface area contributed by atoms with Gasteiger partial charge in [-0.3, -0.25) is 4.79 Å². The number of hydrogen-bond acceptors (Lipinski definition) is 1. The molecule has 0 saturated heterocycles. The molecule has 2 rings (SSSR count). The quantitative estimate of drug-likeness (QED) is 0.839. The first-order valence-corrected chi connectivity index (χ1v) is 6.58. The lowest BCUT2D eigenvalue weighted by atomic mass is 10.1. The number of benzene rings is 2. The van der Waals surface area contributed by atoms with Crippen molar-refractivity contribution in [3.8, 4) is 0 Å². The molecule has 0 bridgehead atoms. The molecule has 0 unspecified atom stereocenters. The fraction of sp³-hybridized carbons (Fsp3) is 0.188. The largest absolute Gasteiger partial charge is 0.416 e. The number of aryl methyl sites for hydroxylation is 1. The van der Waals surface area contributed by atoms with Crippen LogP contribution in [0.15, 0.2) is 36.4 Å². The van der Waals surface area contributed by atoms with Crippen LogP contribution in [0.1, 0.15) is 27.0 Å². The molecule has 2 nitrogen and oxygen atoms in total. The number of carbonyl (C=O) groups excluding carboxylic acids is 1. The van der Waals surface area contributed by atoms with E-state index in [4.69, 9.17) is 0 Å². The predicted octanol–water partition coefficient (Wildman–Crippen LogP) is 4.22. The third-order valence-corrected chi connectivity index (χ3v) is 3.24. The maximum Gasteiger partial charge on any atom is 0.416 e. The van der Waals surface area contributed by atoms with Gasteiger partial charge in [0.2, 0.25) is 0 Å². The van der Waals surface area contributed by atoms with Gasteiger partial charge in [-0.05, 0) is 48.4 Å². The zero-order valence-corrected chi connectivity index (χ0v) is 12.0. The molecule has 0 aliphatic carbocycles. The molecule has 0 radical (unpaired) electrons. The van der Waals surface area contributed by atoms with Crippen LogP contribution in [0.3, 0.4) is 0 Å². The summed E-state index contributed by atoms with van der Waals surface area (Å²) in [5.41, 5.74) is -1.03. The molecule has 0 heterocycles. The van der Waals surface area contributed by atoms with Crippen molar-refractivity contribution >= 4 is 5.91 Å². The predicted molar refractivity (Wildman–Crippen MR) is 73.7 cm³/mol. The molecule has 2 aromatic rings. The van der Waals surface area contributed by atoms with Crippen LogP contribution in [0.5, 0.6) is 0 Å². The molecular formula is C16H12F5NO. The van der Waals surface area contributed by atoms with Crippen molar-refractivity contribution < 1.29 is 26.7 Å². The Morgan fingerprint density at radius 2 is 1.78 bits per heavy atom. The highest BCUT2D eigenvalue weighted by atomic mass is 19.4. The number of alkyl halides is 3. The van der Waals surface area contributed by atoms with Gasteiger partial charge in [0.05, 0.1) is 5.56 Å². The van der Waals surface area contributed by atoms with Gasteiger partial charge in [0.1, 0.15) is 11.6 Å². The van der Waals surface area contributed by atoms with E-state index >= 15 is 0 Å². The molecule has 0 atom stereocenters. The summed E-state index contributed by atoms with van der Waals surface area (Å²) in [7, 11) is 0. The van der Waals surface area contributed by atoms with Gasteiger partial charge in [0.15, 0.2) is 0 Å². The minimum atomic E-state index is -4.73. The molecule has 2 aromatic carbocycles. The molecule has 1 N–H and O–H groups in total. The van der Waals surface area contributed by atoms with E-state index in [0.717, 1.165) is 18.2 Å². The molecule has 23 heavy (non-hydrogen) atoms. The Bertz CT molecular complexity index is 740. The number of rotatable bonds is 3. The van der Waals surface area contributed by atoms with Crippen LogP contribution in [0.25, 0.3) is 0 Å². The Balaban J connectivity index is 2.17. The van der Waals surface area contributed by atoms with Crippen LogP contribution in [-0.4, -0.2) is 5.91 Å². The fourth-order valence-corrected chi connectivity index (χ4v) is 2.03. The van der Waals surface area contributed by atoms with Crippen LogP contribution < -0.4 is 5.32 Å². The lowest BCUT2D eigenvalue weighted by Gasteiger charge is -2.13. The number of hydrogen-bond donors (Lipinski definition) is 1. The van der Waals surface area contributed by atoms with Crippen LogP contribution in [0.2, 0.25) is 0 Å². The molecule has 0 aromatic heterocycles. The summed E-state index contributed by atoms with van der Waals surface area (Å²) in [6.45, 7) is 1.04. The molecule has 0 aliphatic rings. The standard InChI is InChI=1S/C16H12F5NO/c1-9-6-10(3-5-14(9)18)15(23)22-8-11-2-4-12(17)7-13(11)16(19,20)21/h2-7H,8H2,1H3,(H,22,23). The van der Waals surface area contributed by atoms with E-state index in [1.165, 1.54) is 19.1 Å².